The van der Waals surface area contributed by atoms with Gasteiger partial charge in [0.05, 0.1) is 12.1 Å². The standard InChI is InChI=1S/C33H31F2N3/c34-29-20-28(21-30(35)33(29)37-18-16-23(17-19-37)22-4-2-1-3-5-22)38-31-14-15-32(38)25-8-12-27(13-9-25)36-26-10-6-24(31)7-11-26/h1-13,20-21,23,31-32,36H,14-19H2/t31-,32-/m0/s1. The lowest BCUT2D eigenvalue weighted by Gasteiger charge is -2.36. The predicted molar refractivity (Wildman–Crippen MR) is 150 cm³/mol. The highest BCUT2D eigenvalue weighted by molar-refractivity contribution is 5.64. The third-order valence-corrected chi connectivity index (χ3v) is 8.65. The Morgan fingerprint density at radius 3 is 1.66 bits per heavy atom. The summed E-state index contributed by atoms with van der Waals surface area (Å²) >= 11 is 0. The van der Waals surface area contributed by atoms with Gasteiger partial charge in [-0.1, -0.05) is 54.6 Å². The molecule has 6 aliphatic rings. The first-order valence-corrected chi connectivity index (χ1v) is 13.7. The molecule has 6 bridgehead atoms. The SMILES string of the molecule is Fc1cc(N2[C@H]3CC[C@H]2c2ccc(cc2)Nc2ccc3cc2)cc(F)c1N1CCC(c2ccccc2)CC1. The molecule has 4 aromatic rings. The largest absolute Gasteiger partial charge is 0.367 e. The van der Waals surface area contributed by atoms with Gasteiger partial charge in [-0.3, -0.25) is 0 Å². The van der Waals surface area contributed by atoms with Crippen LogP contribution in [0, 0.1) is 11.6 Å². The molecule has 3 nitrogen and oxygen atoms in total. The number of benzene rings is 4. The van der Waals surface area contributed by atoms with Gasteiger partial charge in [-0.05, 0) is 84.7 Å². The van der Waals surface area contributed by atoms with E-state index < -0.39 is 11.6 Å². The molecule has 0 aromatic heterocycles. The van der Waals surface area contributed by atoms with Crippen LogP contribution in [-0.4, -0.2) is 13.1 Å². The predicted octanol–water partition coefficient (Wildman–Crippen LogP) is 8.49. The molecule has 2 fully saturated rings. The van der Waals surface area contributed by atoms with Gasteiger partial charge in [0.15, 0.2) is 11.6 Å². The fourth-order valence-corrected chi connectivity index (χ4v) is 6.73. The second-order valence-electron chi connectivity index (χ2n) is 10.8. The molecule has 2 atom stereocenters. The first kappa shape index (κ1) is 23.3. The molecule has 6 heterocycles. The van der Waals surface area contributed by atoms with E-state index in [-0.39, 0.29) is 17.8 Å². The van der Waals surface area contributed by atoms with Crippen molar-refractivity contribution >= 4 is 22.7 Å². The average molecular weight is 508 g/mol. The van der Waals surface area contributed by atoms with E-state index in [1.807, 2.05) is 11.0 Å². The Morgan fingerprint density at radius 2 is 1.13 bits per heavy atom. The van der Waals surface area contributed by atoms with Crippen molar-refractivity contribution in [2.24, 2.45) is 0 Å². The van der Waals surface area contributed by atoms with Gasteiger partial charge in [-0.25, -0.2) is 8.78 Å². The molecule has 10 rings (SSSR count). The molecule has 2 saturated heterocycles. The van der Waals surface area contributed by atoms with Crippen LogP contribution in [0.15, 0.2) is 91.0 Å². The van der Waals surface area contributed by atoms with Gasteiger partial charge >= 0.3 is 0 Å². The molecule has 5 heteroatoms. The van der Waals surface area contributed by atoms with E-state index in [9.17, 15) is 0 Å². The van der Waals surface area contributed by atoms with Gasteiger partial charge in [0.25, 0.3) is 0 Å². The highest BCUT2D eigenvalue weighted by atomic mass is 19.1. The van der Waals surface area contributed by atoms with Gasteiger partial charge in [0.2, 0.25) is 0 Å². The molecule has 0 unspecified atom stereocenters. The smallest absolute Gasteiger partial charge is 0.151 e. The minimum absolute atomic E-state index is 0.0550. The summed E-state index contributed by atoms with van der Waals surface area (Å²) in [6.07, 6.45) is 3.64. The lowest BCUT2D eigenvalue weighted by atomic mass is 9.89. The molecule has 0 radical (unpaired) electrons. The van der Waals surface area contributed by atoms with Crippen LogP contribution in [-0.2, 0) is 0 Å². The maximum Gasteiger partial charge on any atom is 0.151 e. The number of hydrogen-bond acceptors (Lipinski definition) is 3. The summed E-state index contributed by atoms with van der Waals surface area (Å²) in [5.41, 5.74) is 6.43. The van der Waals surface area contributed by atoms with Crippen molar-refractivity contribution in [3.05, 3.63) is 119 Å². The fourth-order valence-electron chi connectivity index (χ4n) is 6.73. The number of rotatable bonds is 3. The first-order valence-electron chi connectivity index (χ1n) is 13.7. The van der Waals surface area contributed by atoms with E-state index in [1.165, 1.54) is 16.7 Å². The van der Waals surface area contributed by atoms with Crippen LogP contribution in [0.2, 0.25) is 0 Å². The minimum Gasteiger partial charge on any atom is -0.367 e. The van der Waals surface area contributed by atoms with E-state index in [0.717, 1.165) is 37.1 Å². The summed E-state index contributed by atoms with van der Waals surface area (Å²) in [6.45, 7) is 1.29. The topological polar surface area (TPSA) is 18.5 Å². The molecule has 1 N–H and O–H groups in total. The van der Waals surface area contributed by atoms with Crippen LogP contribution < -0.4 is 15.1 Å². The Balaban J connectivity index is 1.21. The molecular weight excluding hydrogens is 476 g/mol. The maximum absolute atomic E-state index is 15.8. The van der Waals surface area contributed by atoms with Crippen molar-refractivity contribution in [1.82, 2.24) is 0 Å². The Bertz CT molecular complexity index is 1350. The lowest BCUT2D eigenvalue weighted by molar-refractivity contribution is 0.486. The zero-order valence-electron chi connectivity index (χ0n) is 21.3. The van der Waals surface area contributed by atoms with Gasteiger partial charge in [0, 0.05) is 30.2 Å². The lowest BCUT2D eigenvalue weighted by Crippen LogP contribution is -2.34. The van der Waals surface area contributed by atoms with Crippen LogP contribution in [0.3, 0.4) is 0 Å². The van der Waals surface area contributed by atoms with Crippen molar-refractivity contribution < 1.29 is 8.78 Å². The number of hydrogen-bond donors (Lipinski definition) is 1. The summed E-state index contributed by atoms with van der Waals surface area (Å²) in [7, 11) is 0. The van der Waals surface area contributed by atoms with Gasteiger partial charge in [-0.15, -0.1) is 0 Å². The van der Waals surface area contributed by atoms with Crippen molar-refractivity contribution in [2.45, 2.75) is 43.7 Å². The third kappa shape index (κ3) is 4.10. The maximum atomic E-state index is 15.8. The normalized spacial score (nSPS) is 20.8. The van der Waals surface area contributed by atoms with E-state index in [2.05, 4.69) is 83.0 Å². The molecule has 0 spiro atoms. The van der Waals surface area contributed by atoms with E-state index >= 15 is 8.78 Å². The monoisotopic (exact) mass is 507 g/mol. The summed E-state index contributed by atoms with van der Waals surface area (Å²) in [6, 6.07) is 30.5. The number of halogens is 2. The van der Waals surface area contributed by atoms with Crippen LogP contribution in [0.4, 0.5) is 31.5 Å². The molecule has 0 saturated carbocycles. The van der Waals surface area contributed by atoms with Crippen molar-refractivity contribution in [2.75, 3.05) is 28.2 Å². The Morgan fingerprint density at radius 1 is 0.605 bits per heavy atom. The van der Waals surface area contributed by atoms with Crippen LogP contribution >= 0.6 is 0 Å². The summed E-state index contributed by atoms with van der Waals surface area (Å²) in [5.74, 6) is -0.513. The minimum atomic E-state index is -0.474. The van der Waals surface area contributed by atoms with Crippen LogP contribution in [0.5, 0.6) is 0 Å². The summed E-state index contributed by atoms with van der Waals surface area (Å²) in [4.78, 5) is 4.12. The van der Waals surface area contributed by atoms with Gasteiger partial charge in [-0.2, -0.15) is 0 Å². The highest BCUT2D eigenvalue weighted by Gasteiger charge is 2.37. The van der Waals surface area contributed by atoms with Crippen LogP contribution in [0.1, 0.15) is 60.4 Å². The summed E-state index contributed by atoms with van der Waals surface area (Å²) < 4.78 is 31.5. The molecule has 192 valence electrons. The van der Waals surface area contributed by atoms with E-state index in [1.54, 1.807) is 12.1 Å². The number of piperidine rings is 1. The Hall–Kier alpha value is -3.86. The second-order valence-corrected chi connectivity index (χ2v) is 10.8. The molecule has 0 amide bonds. The van der Waals surface area contributed by atoms with Crippen molar-refractivity contribution in [3.8, 4) is 0 Å². The zero-order valence-corrected chi connectivity index (χ0v) is 21.3. The second kappa shape index (κ2) is 9.46. The molecule has 6 aliphatic heterocycles. The highest BCUT2D eigenvalue weighted by Crippen LogP contribution is 2.48. The van der Waals surface area contributed by atoms with Gasteiger partial charge < -0.3 is 15.1 Å². The number of nitrogens with one attached hydrogen (secondary N) is 1. The average Bonchev–Trinajstić information content (AvgIpc) is 3.40. The molecule has 0 aliphatic carbocycles. The quantitative estimate of drug-likeness (QED) is 0.300. The van der Waals surface area contributed by atoms with Gasteiger partial charge in [0.1, 0.15) is 5.69 Å². The molecule has 4 aromatic carbocycles. The Kier molecular flexibility index (Phi) is 5.80. The summed E-state index contributed by atoms with van der Waals surface area (Å²) in [5, 5.41) is 3.45. The van der Waals surface area contributed by atoms with E-state index in [0.29, 0.717) is 24.7 Å². The van der Waals surface area contributed by atoms with E-state index in [4.69, 9.17) is 0 Å². The zero-order chi connectivity index (χ0) is 25.6. The Labute approximate surface area is 222 Å². The van der Waals surface area contributed by atoms with Crippen molar-refractivity contribution in [3.63, 3.8) is 0 Å². The number of anilines is 4. The third-order valence-electron chi connectivity index (χ3n) is 8.65. The van der Waals surface area contributed by atoms with Crippen LogP contribution in [0.25, 0.3) is 0 Å². The fraction of sp³-hybridized carbons (Fsp3) is 0.273. The molecule has 38 heavy (non-hydrogen) atoms. The number of nitrogens with zero attached hydrogens (tertiary/aromatic N) is 2. The molecular formula is C33H31F2N3. The first-order chi connectivity index (χ1) is 18.6. The van der Waals surface area contributed by atoms with Crippen molar-refractivity contribution in [1.29, 1.82) is 0 Å².